The van der Waals surface area contributed by atoms with Crippen LogP contribution in [0.25, 0.3) is 0 Å². The van der Waals surface area contributed by atoms with Crippen LogP contribution in [0.3, 0.4) is 0 Å². The minimum atomic E-state index is -0.945. The van der Waals surface area contributed by atoms with Gasteiger partial charge in [0, 0.05) is 12.1 Å². The van der Waals surface area contributed by atoms with Crippen molar-refractivity contribution < 1.29 is 13.9 Å². The summed E-state index contributed by atoms with van der Waals surface area (Å²) in [4.78, 5) is 0. The molecule has 0 amide bonds. The molecule has 20 heavy (non-hydrogen) atoms. The molecule has 3 atom stereocenters. The van der Waals surface area contributed by atoms with Gasteiger partial charge < -0.3 is 10.4 Å². The molecule has 0 fully saturated rings. The Labute approximate surface area is 121 Å². The fraction of sp³-hybridized carbons (Fsp3) is 0.333. The van der Waals surface area contributed by atoms with E-state index >= 15 is 0 Å². The molecule has 108 valence electrons. The topological polar surface area (TPSA) is 32.3 Å². The molecule has 0 saturated heterocycles. The lowest BCUT2D eigenvalue weighted by Crippen LogP contribution is -2.34. The summed E-state index contributed by atoms with van der Waals surface area (Å²) in [6.45, 7) is 3.81. The number of benzene rings is 1. The Hall–Kier alpha value is -1.30. The average molecular weight is 297 g/mol. The van der Waals surface area contributed by atoms with Crippen molar-refractivity contribution in [2.45, 2.75) is 32.0 Å². The van der Waals surface area contributed by atoms with Gasteiger partial charge in [0.2, 0.25) is 0 Å². The normalized spacial score (nSPS) is 15.8. The summed E-state index contributed by atoms with van der Waals surface area (Å²) >= 11 is 1.61. The first-order valence-corrected chi connectivity index (χ1v) is 7.34. The molecule has 0 spiro atoms. The van der Waals surface area contributed by atoms with Gasteiger partial charge in [0.1, 0.15) is 0 Å². The molecule has 1 heterocycles. The van der Waals surface area contributed by atoms with Crippen LogP contribution in [0.4, 0.5) is 8.78 Å². The average Bonchev–Trinajstić information content (AvgIpc) is 2.95. The predicted molar refractivity (Wildman–Crippen MR) is 76.6 cm³/mol. The molecule has 0 aliphatic heterocycles. The van der Waals surface area contributed by atoms with Crippen molar-refractivity contribution in [1.82, 2.24) is 5.32 Å². The van der Waals surface area contributed by atoms with Crippen LogP contribution < -0.4 is 5.32 Å². The van der Waals surface area contributed by atoms with Gasteiger partial charge >= 0.3 is 0 Å². The maximum absolute atomic E-state index is 13.2. The molecule has 0 radical (unpaired) electrons. The third-order valence-corrected chi connectivity index (χ3v) is 4.02. The van der Waals surface area contributed by atoms with Crippen LogP contribution in [0.1, 0.15) is 37.1 Å². The van der Waals surface area contributed by atoms with Crippen molar-refractivity contribution in [3.63, 3.8) is 0 Å². The SMILES string of the molecule is CC(NC(C)C(O)c1ccc(F)c(F)c1)c1ccsc1. The first kappa shape index (κ1) is 15.1. The monoisotopic (exact) mass is 297 g/mol. The number of nitrogens with one attached hydrogen (secondary N) is 1. The van der Waals surface area contributed by atoms with Gasteiger partial charge in [-0.05, 0) is 53.9 Å². The van der Waals surface area contributed by atoms with Crippen LogP contribution in [0.15, 0.2) is 35.0 Å². The van der Waals surface area contributed by atoms with Crippen LogP contribution >= 0.6 is 11.3 Å². The van der Waals surface area contributed by atoms with Crippen molar-refractivity contribution in [2.24, 2.45) is 0 Å². The van der Waals surface area contributed by atoms with Gasteiger partial charge in [-0.25, -0.2) is 8.78 Å². The van der Waals surface area contributed by atoms with Crippen LogP contribution in [0.2, 0.25) is 0 Å². The fourth-order valence-electron chi connectivity index (χ4n) is 2.09. The Kier molecular flexibility index (Phi) is 4.86. The van der Waals surface area contributed by atoms with E-state index in [2.05, 4.69) is 5.32 Å². The summed E-state index contributed by atoms with van der Waals surface area (Å²) in [6.07, 6.45) is -0.897. The zero-order valence-corrected chi connectivity index (χ0v) is 12.1. The Morgan fingerprint density at radius 2 is 1.85 bits per heavy atom. The van der Waals surface area contributed by atoms with Crippen LogP contribution in [0, 0.1) is 11.6 Å². The lowest BCUT2D eigenvalue weighted by Gasteiger charge is -2.24. The van der Waals surface area contributed by atoms with Gasteiger partial charge in [0.15, 0.2) is 11.6 Å². The van der Waals surface area contributed by atoms with E-state index in [-0.39, 0.29) is 12.1 Å². The first-order valence-electron chi connectivity index (χ1n) is 6.40. The number of halogens is 2. The highest BCUT2D eigenvalue weighted by Crippen LogP contribution is 2.22. The second-order valence-corrected chi connectivity index (χ2v) is 5.63. The zero-order valence-electron chi connectivity index (χ0n) is 11.3. The van der Waals surface area contributed by atoms with E-state index < -0.39 is 17.7 Å². The zero-order chi connectivity index (χ0) is 14.7. The standard InChI is InChI=1S/C15H17F2NOS/c1-9(12-5-6-20-8-12)18-10(2)15(19)11-3-4-13(16)14(17)7-11/h3-10,15,18-19H,1-2H3. The van der Waals surface area contributed by atoms with E-state index in [9.17, 15) is 13.9 Å². The predicted octanol–water partition coefficient (Wildman–Crippen LogP) is 3.80. The molecule has 2 aromatic rings. The maximum atomic E-state index is 13.2. The van der Waals surface area contributed by atoms with Crippen molar-refractivity contribution >= 4 is 11.3 Å². The van der Waals surface area contributed by atoms with Gasteiger partial charge in [-0.3, -0.25) is 0 Å². The summed E-state index contributed by atoms with van der Waals surface area (Å²) in [5.41, 5.74) is 1.50. The van der Waals surface area contributed by atoms with E-state index in [4.69, 9.17) is 0 Å². The number of thiophene rings is 1. The summed E-state index contributed by atoms with van der Waals surface area (Å²) < 4.78 is 26.1. The van der Waals surface area contributed by atoms with Crippen LogP contribution in [-0.2, 0) is 0 Å². The van der Waals surface area contributed by atoms with E-state index in [0.29, 0.717) is 5.56 Å². The lowest BCUT2D eigenvalue weighted by molar-refractivity contribution is 0.130. The lowest BCUT2D eigenvalue weighted by atomic mass is 10.0. The number of aliphatic hydroxyl groups is 1. The second kappa shape index (κ2) is 6.43. The van der Waals surface area contributed by atoms with E-state index in [1.807, 2.05) is 30.7 Å². The number of hydrogen-bond donors (Lipinski definition) is 2. The van der Waals surface area contributed by atoms with Crippen molar-refractivity contribution in [2.75, 3.05) is 0 Å². The molecular weight excluding hydrogens is 280 g/mol. The quantitative estimate of drug-likeness (QED) is 0.880. The molecule has 3 unspecified atom stereocenters. The number of aliphatic hydroxyl groups excluding tert-OH is 1. The molecule has 2 rings (SSSR count). The second-order valence-electron chi connectivity index (χ2n) is 4.85. The Bertz CT molecular complexity index is 559. The maximum Gasteiger partial charge on any atom is 0.159 e. The smallest absolute Gasteiger partial charge is 0.159 e. The largest absolute Gasteiger partial charge is 0.387 e. The Morgan fingerprint density at radius 3 is 2.45 bits per heavy atom. The highest BCUT2D eigenvalue weighted by atomic mass is 32.1. The third kappa shape index (κ3) is 3.42. The fourth-order valence-corrected chi connectivity index (χ4v) is 2.84. The van der Waals surface area contributed by atoms with Crippen molar-refractivity contribution in [1.29, 1.82) is 0 Å². The molecule has 0 saturated carbocycles. The summed E-state index contributed by atoms with van der Waals surface area (Å²) in [5.74, 6) is -1.85. The Balaban J connectivity index is 2.04. The summed E-state index contributed by atoms with van der Waals surface area (Å²) in [7, 11) is 0. The van der Waals surface area contributed by atoms with E-state index in [0.717, 1.165) is 17.7 Å². The molecule has 0 bridgehead atoms. The summed E-state index contributed by atoms with van der Waals surface area (Å²) in [5, 5.41) is 17.5. The van der Waals surface area contributed by atoms with Gasteiger partial charge in [0.05, 0.1) is 6.10 Å². The van der Waals surface area contributed by atoms with Gasteiger partial charge in [0.25, 0.3) is 0 Å². The molecular formula is C15H17F2NOS. The molecule has 2 N–H and O–H groups in total. The van der Waals surface area contributed by atoms with Crippen LogP contribution in [-0.4, -0.2) is 11.1 Å². The van der Waals surface area contributed by atoms with Gasteiger partial charge in [-0.2, -0.15) is 11.3 Å². The van der Waals surface area contributed by atoms with E-state index in [1.165, 1.54) is 6.07 Å². The number of hydrogen-bond acceptors (Lipinski definition) is 3. The molecule has 1 aromatic heterocycles. The van der Waals surface area contributed by atoms with Crippen LogP contribution in [0.5, 0.6) is 0 Å². The Morgan fingerprint density at radius 1 is 1.10 bits per heavy atom. The highest BCUT2D eigenvalue weighted by Gasteiger charge is 2.20. The minimum absolute atomic E-state index is 0.0798. The molecule has 0 aliphatic rings. The molecule has 2 nitrogen and oxygen atoms in total. The summed E-state index contributed by atoms with van der Waals surface area (Å²) in [6, 6.07) is 5.28. The molecule has 0 aliphatic carbocycles. The van der Waals surface area contributed by atoms with Gasteiger partial charge in [-0.15, -0.1) is 0 Å². The first-order chi connectivity index (χ1) is 9.49. The van der Waals surface area contributed by atoms with Crippen molar-refractivity contribution in [3.05, 3.63) is 57.8 Å². The molecule has 5 heteroatoms. The minimum Gasteiger partial charge on any atom is -0.387 e. The molecule has 1 aromatic carbocycles. The van der Waals surface area contributed by atoms with Crippen molar-refractivity contribution in [3.8, 4) is 0 Å². The number of rotatable bonds is 5. The van der Waals surface area contributed by atoms with E-state index in [1.54, 1.807) is 11.3 Å². The highest BCUT2D eigenvalue weighted by molar-refractivity contribution is 7.07. The third-order valence-electron chi connectivity index (χ3n) is 3.31. The van der Waals surface area contributed by atoms with Gasteiger partial charge in [-0.1, -0.05) is 6.07 Å².